The van der Waals surface area contributed by atoms with Crippen molar-refractivity contribution < 1.29 is 18.0 Å². The van der Waals surface area contributed by atoms with E-state index in [0.717, 1.165) is 30.6 Å². The van der Waals surface area contributed by atoms with E-state index in [1.54, 1.807) is 17.1 Å². The van der Waals surface area contributed by atoms with Crippen molar-refractivity contribution in [2.24, 2.45) is 0 Å². The Balaban J connectivity index is 1.45. The van der Waals surface area contributed by atoms with Crippen molar-refractivity contribution in [1.82, 2.24) is 29.3 Å². The summed E-state index contributed by atoms with van der Waals surface area (Å²) >= 11 is 0. The molecule has 0 fully saturated rings. The van der Waals surface area contributed by atoms with E-state index in [-0.39, 0.29) is 12.1 Å². The van der Waals surface area contributed by atoms with Gasteiger partial charge in [-0.2, -0.15) is 28.5 Å². The second-order valence-corrected chi connectivity index (χ2v) is 8.04. The van der Waals surface area contributed by atoms with Gasteiger partial charge in [0.2, 0.25) is 5.91 Å². The lowest BCUT2D eigenvalue weighted by Gasteiger charge is -2.07. The predicted molar refractivity (Wildman–Crippen MR) is 111 cm³/mol. The van der Waals surface area contributed by atoms with Crippen LogP contribution >= 0.6 is 0 Å². The molecule has 172 valence electrons. The fourth-order valence-electron chi connectivity index (χ4n) is 4.19. The van der Waals surface area contributed by atoms with Crippen molar-refractivity contribution in [1.29, 1.82) is 0 Å². The molecule has 0 bridgehead atoms. The summed E-state index contributed by atoms with van der Waals surface area (Å²) in [7, 11) is 0. The molecule has 11 heteroatoms. The molecule has 0 aliphatic heterocycles. The van der Waals surface area contributed by atoms with Crippen LogP contribution in [0.2, 0.25) is 0 Å². The van der Waals surface area contributed by atoms with Crippen molar-refractivity contribution >= 4 is 11.6 Å². The number of nitrogens with one attached hydrogen (secondary N) is 1. The Morgan fingerprint density at radius 3 is 2.62 bits per heavy atom. The van der Waals surface area contributed by atoms with Crippen molar-refractivity contribution in [2.45, 2.75) is 71.8 Å². The number of alkyl halides is 3. The van der Waals surface area contributed by atoms with Crippen LogP contribution in [-0.4, -0.2) is 35.2 Å². The first-order valence-electron chi connectivity index (χ1n) is 10.8. The van der Waals surface area contributed by atoms with Crippen LogP contribution in [0.1, 0.15) is 54.4 Å². The van der Waals surface area contributed by atoms with Crippen molar-refractivity contribution in [3.63, 3.8) is 0 Å². The molecule has 1 aliphatic carbocycles. The second kappa shape index (κ2) is 8.79. The first-order valence-corrected chi connectivity index (χ1v) is 10.8. The van der Waals surface area contributed by atoms with Crippen LogP contribution in [0, 0.1) is 6.92 Å². The minimum Gasteiger partial charge on any atom is -0.322 e. The number of nitrogens with zero attached hydrogens (tertiary/aromatic N) is 6. The number of aryl methyl sites for hydroxylation is 1. The number of halogens is 3. The van der Waals surface area contributed by atoms with Gasteiger partial charge < -0.3 is 5.32 Å². The topological polar surface area (TPSA) is 82.6 Å². The number of amides is 1. The lowest BCUT2D eigenvalue weighted by Crippen LogP contribution is -2.21. The summed E-state index contributed by atoms with van der Waals surface area (Å²) in [5.41, 5.74) is 2.44. The van der Waals surface area contributed by atoms with Gasteiger partial charge >= 0.3 is 6.18 Å². The highest BCUT2D eigenvalue weighted by Crippen LogP contribution is 2.35. The lowest BCUT2D eigenvalue weighted by molar-refractivity contribution is -0.142. The predicted octanol–water partition coefficient (Wildman–Crippen LogP) is 3.58. The summed E-state index contributed by atoms with van der Waals surface area (Å²) in [5.74, 6) is -0.442. The Labute approximate surface area is 183 Å². The number of hydrogen-bond acceptors (Lipinski definition) is 4. The number of aromatic nitrogens is 6. The molecule has 0 saturated heterocycles. The van der Waals surface area contributed by atoms with Gasteiger partial charge in [-0.1, -0.05) is 6.42 Å². The summed E-state index contributed by atoms with van der Waals surface area (Å²) in [6, 6.07) is 0. The molecule has 3 heterocycles. The highest BCUT2D eigenvalue weighted by atomic mass is 19.4. The van der Waals surface area contributed by atoms with Crippen molar-refractivity contribution in [3.05, 3.63) is 46.8 Å². The van der Waals surface area contributed by atoms with Gasteiger partial charge in [-0.15, -0.1) is 0 Å². The molecule has 0 atom stereocenters. The van der Waals surface area contributed by atoms with Crippen LogP contribution in [0.4, 0.5) is 18.9 Å². The van der Waals surface area contributed by atoms with E-state index >= 15 is 0 Å². The summed E-state index contributed by atoms with van der Waals surface area (Å²) in [5, 5.41) is 15.1. The highest BCUT2D eigenvalue weighted by molar-refractivity contribution is 5.90. The highest BCUT2D eigenvalue weighted by Gasteiger charge is 2.39. The molecular formula is C21H26F3N7O. The summed E-state index contributed by atoms with van der Waals surface area (Å²) in [6.07, 6.45) is 3.66. The van der Waals surface area contributed by atoms with Crippen LogP contribution in [0.5, 0.6) is 0 Å². The minimum atomic E-state index is -4.53. The zero-order valence-electron chi connectivity index (χ0n) is 18.1. The first kappa shape index (κ1) is 22.1. The number of carbonyl (C=O) groups excluding carboxylic acids is 1. The molecule has 1 aliphatic rings. The van der Waals surface area contributed by atoms with Crippen LogP contribution in [-0.2, 0) is 43.4 Å². The van der Waals surface area contributed by atoms with Crippen LogP contribution in [0.25, 0.3) is 0 Å². The lowest BCUT2D eigenvalue weighted by atomic mass is 10.1. The van der Waals surface area contributed by atoms with E-state index in [0.29, 0.717) is 37.2 Å². The molecule has 32 heavy (non-hydrogen) atoms. The average molecular weight is 449 g/mol. The normalized spacial score (nSPS) is 14.3. The second-order valence-electron chi connectivity index (χ2n) is 8.04. The van der Waals surface area contributed by atoms with E-state index in [1.807, 2.05) is 18.5 Å². The maximum atomic E-state index is 13.4. The van der Waals surface area contributed by atoms with Crippen molar-refractivity contribution in [2.75, 3.05) is 5.32 Å². The largest absolute Gasteiger partial charge is 0.435 e. The molecule has 3 aromatic heterocycles. The number of carbonyl (C=O) groups is 1. The minimum absolute atomic E-state index is 0.235. The molecular weight excluding hydrogens is 423 g/mol. The van der Waals surface area contributed by atoms with Gasteiger partial charge in [0.25, 0.3) is 0 Å². The maximum absolute atomic E-state index is 13.4. The Bertz CT molecular complexity index is 1110. The van der Waals surface area contributed by atoms with Gasteiger partial charge in [0.05, 0.1) is 24.6 Å². The first-order chi connectivity index (χ1) is 15.3. The fraction of sp³-hybridized carbons (Fsp3) is 0.524. The molecule has 4 rings (SSSR count). The number of anilines is 1. The fourth-order valence-corrected chi connectivity index (χ4v) is 4.19. The van der Waals surface area contributed by atoms with Gasteiger partial charge in [-0.3, -0.25) is 18.8 Å². The maximum Gasteiger partial charge on any atom is 0.435 e. The molecule has 0 radical (unpaired) electrons. The van der Waals surface area contributed by atoms with E-state index < -0.39 is 17.8 Å². The molecule has 3 aromatic rings. The molecule has 0 saturated carbocycles. The third kappa shape index (κ3) is 4.56. The molecule has 0 aromatic carbocycles. The van der Waals surface area contributed by atoms with E-state index in [1.165, 1.54) is 10.9 Å². The van der Waals surface area contributed by atoms with Crippen LogP contribution < -0.4 is 5.32 Å². The van der Waals surface area contributed by atoms with Gasteiger partial charge in [-0.25, -0.2) is 0 Å². The van der Waals surface area contributed by atoms with Gasteiger partial charge in [0.15, 0.2) is 5.69 Å². The summed E-state index contributed by atoms with van der Waals surface area (Å²) in [6.45, 7) is 5.01. The Hall–Kier alpha value is -3.11. The standard InChI is InChI=1S/C21H26F3N7O/c1-3-30-14(2)15(9-26-30)11-29-12-16(10-25-29)27-19(32)13-31-18-8-6-4-5-7-17(18)20(28-31)21(22,23)24/h9-10,12H,3-8,11,13H2,1-2H3,(H,27,32). The zero-order valence-corrected chi connectivity index (χ0v) is 18.1. The SMILES string of the molecule is CCn1ncc(Cn2cc(NC(=O)Cn3nc(C(F)(F)F)c4c3CCCCC4)cn2)c1C. The van der Waals surface area contributed by atoms with Crippen LogP contribution in [0.3, 0.4) is 0 Å². The molecule has 8 nitrogen and oxygen atoms in total. The average Bonchev–Trinajstić information content (AvgIpc) is 3.35. The molecule has 1 N–H and O–H groups in total. The zero-order chi connectivity index (χ0) is 22.9. The van der Waals surface area contributed by atoms with Gasteiger partial charge in [-0.05, 0) is 39.5 Å². The van der Waals surface area contributed by atoms with Gasteiger partial charge in [0, 0.05) is 35.3 Å². The Kier molecular flexibility index (Phi) is 6.07. The molecule has 0 spiro atoms. The number of hydrogen-bond donors (Lipinski definition) is 1. The summed E-state index contributed by atoms with van der Waals surface area (Å²) in [4.78, 5) is 12.6. The molecule has 1 amide bonds. The van der Waals surface area contributed by atoms with Crippen LogP contribution in [0.15, 0.2) is 18.6 Å². The smallest absolute Gasteiger partial charge is 0.322 e. The van der Waals surface area contributed by atoms with E-state index in [9.17, 15) is 18.0 Å². The number of fused-ring (bicyclic) bond motifs is 1. The third-order valence-electron chi connectivity index (χ3n) is 5.82. The van der Waals surface area contributed by atoms with E-state index in [4.69, 9.17) is 0 Å². The molecule has 0 unspecified atom stereocenters. The van der Waals surface area contributed by atoms with Crippen molar-refractivity contribution in [3.8, 4) is 0 Å². The third-order valence-corrected chi connectivity index (χ3v) is 5.82. The summed E-state index contributed by atoms with van der Waals surface area (Å²) < 4.78 is 45.1. The quantitative estimate of drug-likeness (QED) is 0.583. The number of rotatable bonds is 6. The Morgan fingerprint density at radius 2 is 1.91 bits per heavy atom. The Morgan fingerprint density at radius 1 is 1.12 bits per heavy atom. The van der Waals surface area contributed by atoms with E-state index in [2.05, 4.69) is 20.6 Å². The monoisotopic (exact) mass is 449 g/mol. The van der Waals surface area contributed by atoms with Gasteiger partial charge in [0.1, 0.15) is 6.54 Å².